The average molecular weight is 478 g/mol. The zero-order valence-corrected chi connectivity index (χ0v) is 19.2. The molecule has 0 aliphatic carbocycles. The molecule has 0 saturated heterocycles. The van der Waals surface area contributed by atoms with Gasteiger partial charge in [0.15, 0.2) is 5.82 Å². The van der Waals surface area contributed by atoms with Gasteiger partial charge in [-0.3, -0.25) is 9.52 Å². The molecule has 0 aliphatic heterocycles. The molecule has 0 saturated carbocycles. The van der Waals surface area contributed by atoms with Crippen molar-refractivity contribution in [2.75, 3.05) is 16.6 Å². The molecule has 4 aromatic rings. The molecule has 34 heavy (non-hydrogen) atoms. The number of rotatable bonds is 9. The number of hydrogen-bond donors (Lipinski definition) is 2. The summed E-state index contributed by atoms with van der Waals surface area (Å²) < 4.78 is 37.9. The Bertz CT molecular complexity index is 1350. The zero-order valence-electron chi connectivity index (χ0n) is 18.4. The van der Waals surface area contributed by atoms with Crippen LogP contribution in [-0.4, -0.2) is 26.1 Å². The number of aromatic nitrogens is 1. The largest absolute Gasteiger partial charge is 0.493 e. The van der Waals surface area contributed by atoms with E-state index in [0.717, 1.165) is 6.42 Å². The van der Waals surface area contributed by atoms with Crippen molar-refractivity contribution in [3.05, 3.63) is 102 Å². The molecule has 0 bridgehead atoms. The molecule has 9 heteroatoms. The second-order valence-electron chi connectivity index (χ2n) is 7.52. The standard InChI is InChI=1S/C25H23N3O5S/c1-18-17-24(27-33-18)28-34(30,31)23-13-9-21(10-14-23)26-25(29)20-7-11-22(12-8-20)32-16-15-19-5-3-2-4-6-19/h2-14,17H,15-16H2,1H3,(H,26,29)(H,27,28). The summed E-state index contributed by atoms with van der Waals surface area (Å²) in [5.41, 5.74) is 2.11. The van der Waals surface area contributed by atoms with Gasteiger partial charge in [0.1, 0.15) is 11.5 Å². The lowest BCUT2D eigenvalue weighted by Crippen LogP contribution is -2.14. The fourth-order valence-electron chi connectivity index (χ4n) is 3.17. The number of nitrogens with one attached hydrogen (secondary N) is 2. The maximum Gasteiger partial charge on any atom is 0.263 e. The number of anilines is 2. The van der Waals surface area contributed by atoms with Crippen LogP contribution in [0.15, 0.2) is 94.3 Å². The lowest BCUT2D eigenvalue weighted by molar-refractivity contribution is 0.102. The van der Waals surface area contributed by atoms with E-state index in [-0.39, 0.29) is 16.6 Å². The van der Waals surface area contributed by atoms with Gasteiger partial charge in [-0.2, -0.15) is 0 Å². The van der Waals surface area contributed by atoms with Crippen LogP contribution < -0.4 is 14.8 Å². The van der Waals surface area contributed by atoms with Gasteiger partial charge in [0, 0.05) is 23.7 Å². The van der Waals surface area contributed by atoms with Crippen LogP contribution >= 0.6 is 0 Å². The molecule has 0 radical (unpaired) electrons. The van der Waals surface area contributed by atoms with Gasteiger partial charge in [-0.25, -0.2) is 8.42 Å². The number of carbonyl (C=O) groups excluding carboxylic acids is 1. The van der Waals surface area contributed by atoms with E-state index < -0.39 is 10.0 Å². The van der Waals surface area contributed by atoms with Crippen molar-refractivity contribution >= 4 is 27.4 Å². The van der Waals surface area contributed by atoms with E-state index in [0.29, 0.717) is 29.4 Å². The molecule has 3 aromatic carbocycles. The van der Waals surface area contributed by atoms with Crippen LogP contribution in [0.1, 0.15) is 21.7 Å². The second kappa shape index (κ2) is 10.2. The first kappa shape index (κ1) is 23.1. The van der Waals surface area contributed by atoms with Gasteiger partial charge in [-0.1, -0.05) is 35.5 Å². The minimum absolute atomic E-state index is 0.0307. The van der Waals surface area contributed by atoms with Crippen molar-refractivity contribution in [2.24, 2.45) is 0 Å². The highest BCUT2D eigenvalue weighted by Gasteiger charge is 2.16. The van der Waals surface area contributed by atoms with E-state index in [1.807, 2.05) is 30.3 Å². The first-order valence-electron chi connectivity index (χ1n) is 10.5. The monoisotopic (exact) mass is 477 g/mol. The number of benzene rings is 3. The maximum absolute atomic E-state index is 12.5. The van der Waals surface area contributed by atoms with Crippen LogP contribution in [0.5, 0.6) is 5.75 Å². The van der Waals surface area contributed by atoms with Crippen LogP contribution in [0, 0.1) is 6.92 Å². The fourth-order valence-corrected chi connectivity index (χ4v) is 4.15. The third-order valence-electron chi connectivity index (χ3n) is 4.91. The summed E-state index contributed by atoms with van der Waals surface area (Å²) in [6.45, 7) is 2.20. The Hall–Kier alpha value is -4.11. The van der Waals surface area contributed by atoms with Gasteiger partial charge in [-0.05, 0) is 61.0 Å². The zero-order chi connectivity index (χ0) is 24.0. The van der Waals surface area contributed by atoms with Crippen molar-refractivity contribution < 1.29 is 22.5 Å². The molecule has 0 unspecified atom stereocenters. The molecule has 0 spiro atoms. The van der Waals surface area contributed by atoms with Crippen molar-refractivity contribution in [3.63, 3.8) is 0 Å². The molecule has 2 N–H and O–H groups in total. The third kappa shape index (κ3) is 6.02. The highest BCUT2D eigenvalue weighted by Crippen LogP contribution is 2.19. The van der Waals surface area contributed by atoms with Gasteiger partial charge in [0.2, 0.25) is 0 Å². The van der Waals surface area contributed by atoms with Gasteiger partial charge in [0.05, 0.1) is 11.5 Å². The van der Waals surface area contributed by atoms with Gasteiger partial charge in [-0.15, -0.1) is 0 Å². The lowest BCUT2D eigenvalue weighted by Gasteiger charge is -2.09. The highest BCUT2D eigenvalue weighted by molar-refractivity contribution is 7.92. The van der Waals surface area contributed by atoms with Gasteiger partial charge < -0.3 is 14.6 Å². The molecule has 1 amide bonds. The normalized spacial score (nSPS) is 11.1. The van der Waals surface area contributed by atoms with E-state index in [1.165, 1.54) is 35.9 Å². The van der Waals surface area contributed by atoms with E-state index >= 15 is 0 Å². The van der Waals surface area contributed by atoms with Crippen LogP contribution in [0.3, 0.4) is 0 Å². The van der Waals surface area contributed by atoms with E-state index in [2.05, 4.69) is 15.2 Å². The summed E-state index contributed by atoms with van der Waals surface area (Å²) in [6.07, 6.45) is 0.794. The van der Waals surface area contributed by atoms with E-state index in [1.54, 1.807) is 31.2 Å². The molecule has 1 aromatic heterocycles. The van der Waals surface area contributed by atoms with E-state index in [9.17, 15) is 13.2 Å². The molecular formula is C25H23N3O5S. The number of ether oxygens (including phenoxy) is 1. The highest BCUT2D eigenvalue weighted by atomic mass is 32.2. The second-order valence-corrected chi connectivity index (χ2v) is 9.20. The Morgan fingerprint density at radius 1 is 0.971 bits per heavy atom. The topological polar surface area (TPSA) is 111 Å². The molecule has 174 valence electrons. The van der Waals surface area contributed by atoms with Crippen molar-refractivity contribution in [3.8, 4) is 5.75 Å². The van der Waals surface area contributed by atoms with Crippen molar-refractivity contribution in [1.29, 1.82) is 0 Å². The smallest absolute Gasteiger partial charge is 0.263 e. The Labute approximate surface area is 197 Å². The SMILES string of the molecule is Cc1cc(NS(=O)(=O)c2ccc(NC(=O)c3ccc(OCCc4ccccc4)cc3)cc2)no1. The third-order valence-corrected chi connectivity index (χ3v) is 6.28. The summed E-state index contributed by atoms with van der Waals surface area (Å²) in [7, 11) is -3.83. The maximum atomic E-state index is 12.5. The Morgan fingerprint density at radius 2 is 1.68 bits per heavy atom. The first-order chi connectivity index (χ1) is 16.4. The van der Waals surface area contributed by atoms with Crippen molar-refractivity contribution in [1.82, 2.24) is 5.16 Å². The number of aryl methyl sites for hydroxylation is 1. The van der Waals surface area contributed by atoms with Crippen LogP contribution in [0.4, 0.5) is 11.5 Å². The predicted octanol–water partition coefficient (Wildman–Crippen LogP) is 4.66. The van der Waals surface area contributed by atoms with Crippen LogP contribution in [-0.2, 0) is 16.4 Å². The van der Waals surface area contributed by atoms with Crippen molar-refractivity contribution in [2.45, 2.75) is 18.2 Å². The summed E-state index contributed by atoms with van der Waals surface area (Å²) in [5, 5.41) is 6.37. The molecule has 1 heterocycles. The minimum atomic E-state index is -3.83. The number of carbonyl (C=O) groups is 1. The molecular weight excluding hydrogens is 454 g/mol. The lowest BCUT2D eigenvalue weighted by atomic mass is 10.2. The molecule has 0 fully saturated rings. The predicted molar refractivity (Wildman–Crippen MR) is 129 cm³/mol. The number of nitrogens with zero attached hydrogens (tertiary/aromatic N) is 1. The minimum Gasteiger partial charge on any atom is -0.493 e. The quantitative estimate of drug-likeness (QED) is 0.363. The number of hydrogen-bond acceptors (Lipinski definition) is 6. The summed E-state index contributed by atoms with van der Waals surface area (Å²) in [4.78, 5) is 12.6. The summed E-state index contributed by atoms with van der Waals surface area (Å²) in [6, 6.07) is 24.2. The summed E-state index contributed by atoms with van der Waals surface area (Å²) >= 11 is 0. The molecule has 0 aliphatic rings. The first-order valence-corrected chi connectivity index (χ1v) is 12.0. The Kier molecular flexibility index (Phi) is 6.93. The summed E-state index contributed by atoms with van der Waals surface area (Å²) in [5.74, 6) is 0.949. The number of sulfonamides is 1. The van der Waals surface area contributed by atoms with E-state index in [4.69, 9.17) is 9.26 Å². The van der Waals surface area contributed by atoms with Gasteiger partial charge in [0.25, 0.3) is 15.9 Å². The number of amides is 1. The Morgan fingerprint density at radius 3 is 2.32 bits per heavy atom. The Balaban J connectivity index is 1.31. The molecule has 8 nitrogen and oxygen atoms in total. The van der Waals surface area contributed by atoms with Crippen LogP contribution in [0.25, 0.3) is 0 Å². The molecule has 4 rings (SSSR count). The molecule has 0 atom stereocenters. The average Bonchev–Trinajstić information content (AvgIpc) is 3.24. The fraction of sp³-hybridized carbons (Fsp3) is 0.120. The van der Waals surface area contributed by atoms with Gasteiger partial charge >= 0.3 is 0 Å². The van der Waals surface area contributed by atoms with Crippen LogP contribution in [0.2, 0.25) is 0 Å².